The van der Waals surface area contributed by atoms with Gasteiger partial charge in [-0.3, -0.25) is 0 Å². The summed E-state index contributed by atoms with van der Waals surface area (Å²) in [6, 6.07) is 3.12. The van der Waals surface area contributed by atoms with Crippen LogP contribution in [0.25, 0.3) is 0 Å². The van der Waals surface area contributed by atoms with Crippen LogP contribution in [0, 0.1) is 6.92 Å². The van der Waals surface area contributed by atoms with Gasteiger partial charge in [-0.05, 0) is 37.5 Å². The number of benzene rings is 1. The van der Waals surface area contributed by atoms with E-state index in [4.69, 9.17) is 5.73 Å². The third kappa shape index (κ3) is 2.82. The Balaban J connectivity index is 2.43. The number of hydrogen-bond acceptors (Lipinski definition) is 3. The summed E-state index contributed by atoms with van der Waals surface area (Å²) in [4.78, 5) is -0.355. The minimum atomic E-state index is -4.58. The number of halogens is 3. The van der Waals surface area contributed by atoms with E-state index < -0.39 is 27.3 Å². The molecule has 0 atom stereocenters. The van der Waals surface area contributed by atoms with E-state index in [1.807, 2.05) is 0 Å². The molecule has 1 aromatic rings. The van der Waals surface area contributed by atoms with Gasteiger partial charge in [0.1, 0.15) is 0 Å². The lowest BCUT2D eigenvalue weighted by Crippen LogP contribution is -2.42. The van der Waals surface area contributed by atoms with Crippen LogP contribution in [0.15, 0.2) is 23.1 Å². The zero-order chi connectivity index (χ0) is 15.2. The Morgan fingerprint density at radius 1 is 1.35 bits per heavy atom. The predicted octanol–water partition coefficient (Wildman–Crippen LogP) is 1.78. The molecule has 0 unspecified atom stereocenters. The van der Waals surface area contributed by atoms with Crippen LogP contribution < -0.4 is 10.5 Å². The number of sulfonamides is 1. The first-order valence-electron chi connectivity index (χ1n) is 6.02. The Morgan fingerprint density at radius 3 is 2.40 bits per heavy atom. The molecule has 112 valence electrons. The summed E-state index contributed by atoms with van der Waals surface area (Å²) in [6.07, 6.45) is -3.39. The molecule has 0 spiro atoms. The summed E-state index contributed by atoms with van der Waals surface area (Å²) in [5.74, 6) is 0. The summed E-state index contributed by atoms with van der Waals surface area (Å²) in [6.45, 7) is 1.28. The van der Waals surface area contributed by atoms with Crippen LogP contribution in [0.2, 0.25) is 0 Å². The maximum atomic E-state index is 12.8. The molecule has 8 heteroatoms. The van der Waals surface area contributed by atoms with E-state index >= 15 is 0 Å². The monoisotopic (exact) mass is 308 g/mol. The molecule has 4 nitrogen and oxygen atoms in total. The van der Waals surface area contributed by atoms with Gasteiger partial charge in [-0.15, -0.1) is 0 Å². The van der Waals surface area contributed by atoms with Crippen LogP contribution in [0.4, 0.5) is 13.2 Å². The quantitative estimate of drug-likeness (QED) is 0.890. The molecule has 0 aliphatic heterocycles. The van der Waals surface area contributed by atoms with Crippen LogP contribution in [-0.2, 0) is 16.2 Å². The molecule has 2 rings (SSSR count). The molecule has 0 aromatic heterocycles. The predicted molar refractivity (Wildman–Crippen MR) is 67.5 cm³/mol. The van der Waals surface area contributed by atoms with Crippen LogP contribution in [-0.4, -0.2) is 20.5 Å². The molecule has 1 saturated carbocycles. The van der Waals surface area contributed by atoms with E-state index in [1.165, 1.54) is 6.07 Å². The summed E-state index contributed by atoms with van der Waals surface area (Å²) in [5.41, 5.74) is 3.54. The van der Waals surface area contributed by atoms with E-state index in [0.29, 0.717) is 12.8 Å². The Morgan fingerprint density at radius 2 is 1.95 bits per heavy atom. The summed E-state index contributed by atoms with van der Waals surface area (Å²) >= 11 is 0. The van der Waals surface area contributed by atoms with Crippen molar-refractivity contribution in [2.75, 3.05) is 6.54 Å². The van der Waals surface area contributed by atoms with Crippen LogP contribution in [0.5, 0.6) is 0 Å². The Labute approximate surface area is 115 Å². The fraction of sp³-hybridized carbons (Fsp3) is 0.500. The van der Waals surface area contributed by atoms with Crippen molar-refractivity contribution in [3.8, 4) is 0 Å². The fourth-order valence-corrected chi connectivity index (χ4v) is 3.79. The highest BCUT2D eigenvalue weighted by Gasteiger charge is 2.45. The van der Waals surface area contributed by atoms with Crippen molar-refractivity contribution in [2.45, 2.75) is 36.4 Å². The van der Waals surface area contributed by atoms with Gasteiger partial charge in [0.2, 0.25) is 10.0 Å². The van der Waals surface area contributed by atoms with E-state index in [9.17, 15) is 21.6 Å². The van der Waals surface area contributed by atoms with Crippen LogP contribution in [0.3, 0.4) is 0 Å². The van der Waals surface area contributed by atoms with Gasteiger partial charge in [0.25, 0.3) is 0 Å². The highest BCUT2D eigenvalue weighted by molar-refractivity contribution is 7.89. The van der Waals surface area contributed by atoms with Gasteiger partial charge in [0.15, 0.2) is 0 Å². The molecule has 0 saturated heterocycles. The standard InChI is InChI=1S/C12H15F3N2O2S/c1-8-9(12(13,14)15)3-2-4-10(8)20(18,19)17-11(7-16)5-6-11/h2-4,17H,5-7,16H2,1H3. The van der Waals surface area contributed by atoms with Gasteiger partial charge >= 0.3 is 6.18 Å². The highest BCUT2D eigenvalue weighted by atomic mass is 32.2. The first-order chi connectivity index (χ1) is 9.11. The zero-order valence-electron chi connectivity index (χ0n) is 10.8. The number of nitrogens with two attached hydrogens (primary N) is 1. The molecule has 1 aromatic carbocycles. The second-order valence-corrected chi connectivity index (χ2v) is 6.67. The lowest BCUT2D eigenvalue weighted by molar-refractivity contribution is -0.138. The SMILES string of the molecule is Cc1c(C(F)(F)F)cccc1S(=O)(=O)NC1(CN)CC1. The van der Waals surface area contributed by atoms with E-state index in [2.05, 4.69) is 4.72 Å². The first-order valence-corrected chi connectivity index (χ1v) is 7.50. The molecule has 1 aliphatic carbocycles. The summed E-state index contributed by atoms with van der Waals surface area (Å²) < 4.78 is 65.2. The zero-order valence-corrected chi connectivity index (χ0v) is 11.6. The molecule has 1 aliphatic rings. The second kappa shape index (κ2) is 4.71. The van der Waals surface area contributed by atoms with Crippen molar-refractivity contribution < 1.29 is 21.6 Å². The van der Waals surface area contributed by atoms with E-state index in [1.54, 1.807) is 0 Å². The molecule has 0 radical (unpaired) electrons. The van der Waals surface area contributed by atoms with Gasteiger partial charge in [-0.1, -0.05) is 6.07 Å². The lowest BCUT2D eigenvalue weighted by Gasteiger charge is -2.18. The smallest absolute Gasteiger partial charge is 0.329 e. The van der Waals surface area contributed by atoms with Crippen molar-refractivity contribution in [1.82, 2.24) is 4.72 Å². The molecule has 0 amide bonds. The van der Waals surface area contributed by atoms with Gasteiger partial charge in [-0.25, -0.2) is 13.1 Å². The van der Waals surface area contributed by atoms with Crippen LogP contribution in [0.1, 0.15) is 24.0 Å². The van der Waals surface area contributed by atoms with Crippen molar-refractivity contribution in [3.05, 3.63) is 29.3 Å². The van der Waals surface area contributed by atoms with Gasteiger partial charge < -0.3 is 5.73 Å². The third-order valence-electron chi connectivity index (χ3n) is 3.47. The minimum Gasteiger partial charge on any atom is -0.329 e. The average Bonchev–Trinajstić information content (AvgIpc) is 3.07. The minimum absolute atomic E-state index is 0.129. The first kappa shape index (κ1) is 15.3. The largest absolute Gasteiger partial charge is 0.416 e. The van der Waals surface area contributed by atoms with Crippen molar-refractivity contribution in [1.29, 1.82) is 0 Å². The maximum absolute atomic E-state index is 12.8. The summed E-state index contributed by atoms with van der Waals surface area (Å²) in [5, 5.41) is 0. The Kier molecular flexibility index (Phi) is 3.60. The molecule has 0 heterocycles. The topological polar surface area (TPSA) is 72.2 Å². The Hall–Kier alpha value is -1.12. The molecule has 1 fully saturated rings. The molecule has 0 bridgehead atoms. The van der Waals surface area contributed by atoms with Gasteiger partial charge in [-0.2, -0.15) is 13.2 Å². The second-order valence-electron chi connectivity index (χ2n) is 5.02. The van der Waals surface area contributed by atoms with Crippen molar-refractivity contribution >= 4 is 10.0 Å². The number of nitrogens with one attached hydrogen (secondary N) is 1. The third-order valence-corrected chi connectivity index (χ3v) is 5.20. The number of hydrogen-bond donors (Lipinski definition) is 2. The molecule has 20 heavy (non-hydrogen) atoms. The Bertz CT molecular complexity index is 622. The summed E-state index contributed by atoms with van der Waals surface area (Å²) in [7, 11) is -4.01. The number of alkyl halides is 3. The lowest BCUT2D eigenvalue weighted by atomic mass is 10.1. The normalized spacial score (nSPS) is 18.1. The molecular formula is C12H15F3N2O2S. The molecular weight excluding hydrogens is 293 g/mol. The fourth-order valence-electron chi connectivity index (χ4n) is 2.05. The van der Waals surface area contributed by atoms with Crippen LogP contribution >= 0.6 is 0 Å². The number of rotatable bonds is 4. The van der Waals surface area contributed by atoms with Gasteiger partial charge in [0, 0.05) is 12.1 Å². The van der Waals surface area contributed by atoms with E-state index in [-0.39, 0.29) is 17.0 Å². The maximum Gasteiger partial charge on any atom is 0.416 e. The highest BCUT2D eigenvalue weighted by Crippen LogP contribution is 2.38. The van der Waals surface area contributed by atoms with Crippen molar-refractivity contribution in [2.24, 2.45) is 5.73 Å². The molecule has 3 N–H and O–H groups in total. The van der Waals surface area contributed by atoms with E-state index in [0.717, 1.165) is 19.1 Å². The average molecular weight is 308 g/mol. The van der Waals surface area contributed by atoms with Crippen molar-refractivity contribution in [3.63, 3.8) is 0 Å². The van der Waals surface area contributed by atoms with Gasteiger partial charge in [0.05, 0.1) is 10.5 Å².